The molecule has 0 heterocycles. The van der Waals surface area contributed by atoms with Crippen LogP contribution in [-0.2, 0) is 9.59 Å². The van der Waals surface area contributed by atoms with Gasteiger partial charge >= 0.3 is 35.5 Å². The fourth-order valence-electron chi connectivity index (χ4n) is 0.555. The molecule has 5 nitrogen and oxygen atoms in total. The van der Waals surface area contributed by atoms with Gasteiger partial charge in [-0.25, -0.2) is 0 Å². The van der Waals surface area contributed by atoms with Gasteiger partial charge in [-0.05, 0) is 13.0 Å². The number of carboxylic acid groups (broad SMARTS) is 2. The van der Waals surface area contributed by atoms with E-state index in [1.54, 1.807) is 0 Å². The zero-order valence-electron chi connectivity index (χ0n) is 7.00. The second-order valence-electron chi connectivity index (χ2n) is 2.05. The van der Waals surface area contributed by atoms with Gasteiger partial charge in [-0.15, -0.1) is 0 Å². The maximum Gasteiger partial charge on any atom is 1.00 e. The molecule has 0 saturated carbocycles. The maximum absolute atomic E-state index is 9.94. The minimum absolute atomic E-state index is 0. The van der Waals surface area contributed by atoms with Gasteiger partial charge in [0.1, 0.15) is 0 Å². The SMILES string of the molecule is O=C([O-])CNCCCC(=O)O.[Na+]. The van der Waals surface area contributed by atoms with Crippen LogP contribution in [0.4, 0.5) is 0 Å². The zero-order valence-corrected chi connectivity index (χ0v) is 9.00. The number of carbonyl (C=O) groups is 2. The Morgan fingerprint density at radius 2 is 2.00 bits per heavy atom. The van der Waals surface area contributed by atoms with Gasteiger partial charge < -0.3 is 20.3 Å². The van der Waals surface area contributed by atoms with Crippen molar-refractivity contribution in [1.29, 1.82) is 0 Å². The number of hydrogen-bond acceptors (Lipinski definition) is 4. The molecule has 0 aromatic rings. The fraction of sp³-hybridized carbons (Fsp3) is 0.667. The van der Waals surface area contributed by atoms with Gasteiger partial charge in [0.25, 0.3) is 0 Å². The first-order valence-corrected chi connectivity index (χ1v) is 3.25. The Morgan fingerprint density at radius 1 is 1.42 bits per heavy atom. The van der Waals surface area contributed by atoms with Crippen molar-refractivity contribution in [2.75, 3.05) is 13.1 Å². The van der Waals surface area contributed by atoms with Crippen LogP contribution in [-0.4, -0.2) is 30.1 Å². The van der Waals surface area contributed by atoms with E-state index in [9.17, 15) is 14.7 Å². The molecule has 0 atom stereocenters. The van der Waals surface area contributed by atoms with Crippen LogP contribution in [0.25, 0.3) is 0 Å². The van der Waals surface area contributed by atoms with Crippen LogP contribution in [0.5, 0.6) is 0 Å². The number of rotatable bonds is 6. The van der Waals surface area contributed by atoms with E-state index in [0.717, 1.165) is 0 Å². The van der Waals surface area contributed by atoms with Crippen molar-refractivity contribution >= 4 is 11.9 Å². The van der Waals surface area contributed by atoms with E-state index in [0.29, 0.717) is 13.0 Å². The van der Waals surface area contributed by atoms with Crippen LogP contribution in [0.2, 0.25) is 0 Å². The van der Waals surface area contributed by atoms with Crippen LogP contribution in [0.15, 0.2) is 0 Å². The molecule has 0 bridgehead atoms. The molecule has 0 aliphatic rings. The first-order valence-electron chi connectivity index (χ1n) is 3.25. The van der Waals surface area contributed by atoms with Crippen molar-refractivity contribution in [3.63, 3.8) is 0 Å². The van der Waals surface area contributed by atoms with E-state index >= 15 is 0 Å². The van der Waals surface area contributed by atoms with Gasteiger partial charge in [-0.3, -0.25) is 4.79 Å². The number of aliphatic carboxylic acids is 2. The quantitative estimate of drug-likeness (QED) is 0.318. The van der Waals surface area contributed by atoms with Gasteiger partial charge in [0.15, 0.2) is 0 Å². The zero-order chi connectivity index (χ0) is 8.69. The first kappa shape index (κ1) is 14.4. The Kier molecular flexibility index (Phi) is 10.8. The van der Waals surface area contributed by atoms with Crippen LogP contribution in [0, 0.1) is 0 Å². The van der Waals surface area contributed by atoms with Gasteiger partial charge in [0.05, 0.1) is 5.97 Å². The first-order chi connectivity index (χ1) is 5.13. The van der Waals surface area contributed by atoms with Crippen molar-refractivity contribution < 1.29 is 49.4 Å². The summed E-state index contributed by atoms with van der Waals surface area (Å²) in [5.74, 6) is -2.06. The molecule has 0 aliphatic carbocycles. The van der Waals surface area contributed by atoms with Crippen LogP contribution >= 0.6 is 0 Å². The van der Waals surface area contributed by atoms with Crippen molar-refractivity contribution in [1.82, 2.24) is 5.32 Å². The number of carbonyl (C=O) groups excluding carboxylic acids is 1. The molecule has 64 valence electrons. The molecule has 2 N–H and O–H groups in total. The standard InChI is InChI=1S/C6H11NO4.Na/c8-5(9)2-1-3-7-4-6(10)11;/h7H,1-4H2,(H,8,9)(H,10,11);/q;+1/p-1. The monoisotopic (exact) mass is 183 g/mol. The predicted octanol–water partition coefficient (Wildman–Crippen LogP) is -4.81. The summed E-state index contributed by atoms with van der Waals surface area (Å²) in [5.41, 5.74) is 0. The van der Waals surface area contributed by atoms with Crippen molar-refractivity contribution in [2.24, 2.45) is 0 Å². The Labute approximate surface area is 92.4 Å². The van der Waals surface area contributed by atoms with Crippen LogP contribution < -0.4 is 40.0 Å². The van der Waals surface area contributed by atoms with E-state index < -0.39 is 11.9 Å². The fourth-order valence-corrected chi connectivity index (χ4v) is 0.555. The minimum atomic E-state index is -1.18. The van der Waals surface area contributed by atoms with Gasteiger partial charge in [-0.2, -0.15) is 0 Å². The summed E-state index contributed by atoms with van der Waals surface area (Å²) in [5, 5.41) is 20.5. The summed E-state index contributed by atoms with van der Waals surface area (Å²) < 4.78 is 0. The van der Waals surface area contributed by atoms with Crippen molar-refractivity contribution in [3.05, 3.63) is 0 Å². The van der Waals surface area contributed by atoms with E-state index in [2.05, 4.69) is 5.32 Å². The number of carboxylic acids is 2. The molecule has 0 spiro atoms. The molecule has 0 amide bonds. The molecule has 12 heavy (non-hydrogen) atoms. The van der Waals surface area contributed by atoms with E-state index in [4.69, 9.17) is 5.11 Å². The Hall–Kier alpha value is -0.100. The van der Waals surface area contributed by atoms with Crippen molar-refractivity contribution in [3.8, 4) is 0 Å². The summed E-state index contributed by atoms with van der Waals surface area (Å²) >= 11 is 0. The molecule has 0 aromatic heterocycles. The molecule has 0 radical (unpaired) electrons. The topological polar surface area (TPSA) is 89.5 Å². The molecule has 0 aliphatic heterocycles. The summed E-state index contributed by atoms with van der Waals surface area (Å²) in [6, 6.07) is 0. The van der Waals surface area contributed by atoms with Gasteiger partial charge in [-0.1, -0.05) is 0 Å². The second kappa shape index (κ2) is 8.99. The van der Waals surface area contributed by atoms with Crippen LogP contribution in [0.1, 0.15) is 12.8 Å². The summed E-state index contributed by atoms with van der Waals surface area (Å²) in [6.07, 6.45) is 0.489. The minimum Gasteiger partial charge on any atom is -0.549 e. The molecule has 6 heteroatoms. The Morgan fingerprint density at radius 3 is 2.42 bits per heavy atom. The molecule has 0 aromatic carbocycles. The smallest absolute Gasteiger partial charge is 0.549 e. The molecule has 0 fully saturated rings. The Balaban J connectivity index is 0. The third-order valence-corrected chi connectivity index (χ3v) is 1.01. The number of hydrogen-bond donors (Lipinski definition) is 2. The van der Waals surface area contributed by atoms with Crippen LogP contribution in [0.3, 0.4) is 0 Å². The number of nitrogens with one attached hydrogen (secondary N) is 1. The molecule has 0 rings (SSSR count). The third-order valence-electron chi connectivity index (χ3n) is 1.01. The normalized spacial score (nSPS) is 8.67. The molecular formula is C6H10NNaO4. The summed E-state index contributed by atoms with van der Waals surface area (Å²) in [7, 11) is 0. The molecule has 0 saturated heterocycles. The average molecular weight is 183 g/mol. The van der Waals surface area contributed by atoms with E-state index in [1.807, 2.05) is 0 Å². The van der Waals surface area contributed by atoms with Gasteiger partial charge in [0, 0.05) is 13.0 Å². The Bertz CT molecular complexity index is 134. The average Bonchev–Trinajstić information content (AvgIpc) is 1.85. The summed E-state index contributed by atoms with van der Waals surface area (Å²) in [6.45, 7) is 0.167. The van der Waals surface area contributed by atoms with Gasteiger partial charge in [0.2, 0.25) is 0 Å². The maximum atomic E-state index is 9.94. The van der Waals surface area contributed by atoms with E-state index in [1.165, 1.54) is 0 Å². The third kappa shape index (κ3) is 12.6. The summed E-state index contributed by atoms with van der Waals surface area (Å²) in [4.78, 5) is 19.7. The predicted molar refractivity (Wildman–Crippen MR) is 34.7 cm³/mol. The molecule has 0 unspecified atom stereocenters. The van der Waals surface area contributed by atoms with E-state index in [-0.39, 0.29) is 42.5 Å². The van der Waals surface area contributed by atoms with Crippen molar-refractivity contribution in [2.45, 2.75) is 12.8 Å². The second-order valence-corrected chi connectivity index (χ2v) is 2.05. The largest absolute Gasteiger partial charge is 1.00 e. The molecular weight excluding hydrogens is 173 g/mol.